The molecule has 1 aliphatic rings. The first-order valence-electron chi connectivity index (χ1n) is 6.25. The Morgan fingerprint density at radius 2 is 1.85 bits per heavy atom. The molecule has 2 rings (SSSR count). The summed E-state index contributed by atoms with van der Waals surface area (Å²) >= 11 is 0. The highest BCUT2D eigenvalue weighted by molar-refractivity contribution is 6.17. The van der Waals surface area contributed by atoms with Crippen LogP contribution < -0.4 is 10.2 Å². The van der Waals surface area contributed by atoms with E-state index in [1.165, 1.54) is 6.08 Å². The van der Waals surface area contributed by atoms with Crippen molar-refractivity contribution in [3.8, 4) is 0 Å². The molecule has 0 bridgehead atoms. The number of hydrogen-bond donors (Lipinski definition) is 2. The van der Waals surface area contributed by atoms with Crippen molar-refractivity contribution >= 4 is 23.2 Å². The molecule has 0 saturated carbocycles. The number of aliphatic hydroxyl groups is 1. The highest BCUT2D eigenvalue weighted by Crippen LogP contribution is 2.19. The Bertz CT molecular complexity index is 549. The fourth-order valence-electron chi connectivity index (χ4n) is 1.91. The van der Waals surface area contributed by atoms with E-state index in [0.29, 0.717) is 0 Å². The van der Waals surface area contributed by atoms with E-state index in [-0.39, 0.29) is 18.8 Å². The summed E-state index contributed by atoms with van der Waals surface area (Å²) in [5, 5.41) is 11.8. The third kappa shape index (κ3) is 2.80. The molecule has 2 amide bonds. The lowest BCUT2D eigenvalue weighted by atomic mass is 10.2. The molecule has 1 aliphatic heterocycles. The van der Waals surface area contributed by atoms with Crippen LogP contribution in [0.1, 0.15) is 0 Å². The van der Waals surface area contributed by atoms with Crippen LogP contribution in [0.4, 0.5) is 11.4 Å². The van der Waals surface area contributed by atoms with Gasteiger partial charge in [0, 0.05) is 31.5 Å². The van der Waals surface area contributed by atoms with Gasteiger partial charge in [0.1, 0.15) is 5.70 Å². The van der Waals surface area contributed by atoms with Gasteiger partial charge in [0.15, 0.2) is 0 Å². The van der Waals surface area contributed by atoms with E-state index in [4.69, 9.17) is 5.11 Å². The molecule has 1 aromatic carbocycles. The zero-order chi connectivity index (χ0) is 14.7. The number of benzene rings is 1. The number of carbonyl (C=O) groups is 2. The van der Waals surface area contributed by atoms with Crippen molar-refractivity contribution in [3.05, 3.63) is 36.0 Å². The zero-order valence-corrected chi connectivity index (χ0v) is 11.5. The van der Waals surface area contributed by atoms with E-state index >= 15 is 0 Å². The summed E-state index contributed by atoms with van der Waals surface area (Å²) in [6.07, 6.45) is 1.25. The maximum Gasteiger partial charge on any atom is 0.277 e. The summed E-state index contributed by atoms with van der Waals surface area (Å²) < 4.78 is 0. The Hall–Kier alpha value is -2.34. The molecule has 2 N–H and O–H groups in total. The summed E-state index contributed by atoms with van der Waals surface area (Å²) in [5.74, 6) is -0.822. The van der Waals surface area contributed by atoms with Gasteiger partial charge in [-0.05, 0) is 24.3 Å². The molecular formula is C14H17N3O3. The van der Waals surface area contributed by atoms with Crippen LogP contribution in [0.15, 0.2) is 36.0 Å². The van der Waals surface area contributed by atoms with Crippen molar-refractivity contribution in [2.24, 2.45) is 0 Å². The van der Waals surface area contributed by atoms with Crippen LogP contribution in [-0.2, 0) is 9.59 Å². The van der Waals surface area contributed by atoms with Crippen LogP contribution in [0.5, 0.6) is 0 Å². The predicted molar refractivity (Wildman–Crippen MR) is 76.3 cm³/mol. The topological polar surface area (TPSA) is 72.9 Å². The third-order valence-electron chi connectivity index (χ3n) is 3.00. The molecule has 0 spiro atoms. The minimum Gasteiger partial charge on any atom is -0.395 e. The average Bonchev–Trinajstić information content (AvgIpc) is 2.67. The molecule has 6 nitrogen and oxygen atoms in total. The quantitative estimate of drug-likeness (QED) is 0.761. The van der Waals surface area contributed by atoms with Crippen molar-refractivity contribution in [2.75, 3.05) is 37.5 Å². The van der Waals surface area contributed by atoms with Gasteiger partial charge in [-0.1, -0.05) is 0 Å². The molecule has 1 aromatic rings. The van der Waals surface area contributed by atoms with Crippen molar-refractivity contribution in [2.45, 2.75) is 0 Å². The lowest BCUT2D eigenvalue weighted by molar-refractivity contribution is -0.137. The SMILES string of the molecule is CN(C)c1ccc(NC2=CC(=O)N(CCO)C2=O)cc1. The second-order valence-corrected chi connectivity index (χ2v) is 4.64. The van der Waals surface area contributed by atoms with Gasteiger partial charge in [-0.2, -0.15) is 0 Å². The van der Waals surface area contributed by atoms with Gasteiger partial charge in [0.2, 0.25) is 0 Å². The van der Waals surface area contributed by atoms with Crippen LogP contribution >= 0.6 is 0 Å². The minimum absolute atomic E-state index is 0.0128. The number of nitrogens with zero attached hydrogens (tertiary/aromatic N) is 2. The number of amides is 2. The second-order valence-electron chi connectivity index (χ2n) is 4.64. The molecule has 0 saturated heterocycles. The lowest BCUT2D eigenvalue weighted by Crippen LogP contribution is -2.34. The largest absolute Gasteiger partial charge is 0.395 e. The van der Waals surface area contributed by atoms with Crippen LogP contribution in [0.2, 0.25) is 0 Å². The standard InChI is InChI=1S/C14H17N3O3/c1-16(2)11-5-3-10(4-6-11)15-12-9-13(19)17(7-8-18)14(12)20/h3-6,9,15,18H,7-8H2,1-2H3. The van der Waals surface area contributed by atoms with E-state index in [0.717, 1.165) is 16.3 Å². The Morgan fingerprint density at radius 1 is 1.20 bits per heavy atom. The maximum atomic E-state index is 11.9. The fraction of sp³-hybridized carbons (Fsp3) is 0.286. The fourth-order valence-corrected chi connectivity index (χ4v) is 1.91. The van der Waals surface area contributed by atoms with Crippen molar-refractivity contribution in [1.82, 2.24) is 4.90 Å². The minimum atomic E-state index is -0.416. The van der Waals surface area contributed by atoms with Crippen molar-refractivity contribution in [1.29, 1.82) is 0 Å². The number of imide groups is 1. The molecule has 0 aromatic heterocycles. The van der Waals surface area contributed by atoms with E-state index in [2.05, 4.69) is 5.32 Å². The van der Waals surface area contributed by atoms with Gasteiger partial charge in [0.25, 0.3) is 11.8 Å². The van der Waals surface area contributed by atoms with Crippen LogP contribution in [-0.4, -0.2) is 49.1 Å². The predicted octanol–water partition coefficient (Wildman–Crippen LogP) is 0.409. The van der Waals surface area contributed by atoms with Crippen LogP contribution in [0.3, 0.4) is 0 Å². The van der Waals surface area contributed by atoms with Crippen molar-refractivity contribution in [3.63, 3.8) is 0 Å². The van der Waals surface area contributed by atoms with Gasteiger partial charge in [-0.3, -0.25) is 14.5 Å². The average molecular weight is 275 g/mol. The van der Waals surface area contributed by atoms with Gasteiger partial charge in [0.05, 0.1) is 13.2 Å². The summed E-state index contributed by atoms with van der Waals surface area (Å²) in [6, 6.07) is 7.50. The Balaban J connectivity index is 2.09. The summed E-state index contributed by atoms with van der Waals surface area (Å²) in [7, 11) is 3.88. The molecule has 0 aliphatic carbocycles. The number of anilines is 2. The Kier molecular flexibility index (Phi) is 4.05. The van der Waals surface area contributed by atoms with Gasteiger partial charge in [-0.25, -0.2) is 0 Å². The smallest absolute Gasteiger partial charge is 0.277 e. The number of nitrogens with one attached hydrogen (secondary N) is 1. The Morgan fingerprint density at radius 3 is 2.40 bits per heavy atom. The molecule has 1 heterocycles. The number of aliphatic hydroxyl groups excluding tert-OH is 1. The molecule has 106 valence electrons. The summed E-state index contributed by atoms with van der Waals surface area (Å²) in [6.45, 7) is -0.227. The van der Waals surface area contributed by atoms with Gasteiger partial charge < -0.3 is 15.3 Å². The molecule has 0 radical (unpaired) electrons. The molecule has 0 atom stereocenters. The van der Waals surface area contributed by atoms with E-state index in [9.17, 15) is 9.59 Å². The summed E-state index contributed by atoms with van der Waals surface area (Å²) in [5.41, 5.74) is 2.00. The van der Waals surface area contributed by atoms with Gasteiger partial charge in [-0.15, -0.1) is 0 Å². The third-order valence-corrected chi connectivity index (χ3v) is 3.00. The molecular weight excluding hydrogens is 258 g/mol. The van der Waals surface area contributed by atoms with E-state index in [1.807, 2.05) is 43.3 Å². The first kappa shape index (κ1) is 14.1. The second kappa shape index (κ2) is 5.75. The van der Waals surface area contributed by atoms with E-state index in [1.54, 1.807) is 0 Å². The van der Waals surface area contributed by atoms with E-state index < -0.39 is 11.8 Å². The zero-order valence-electron chi connectivity index (χ0n) is 11.5. The summed E-state index contributed by atoms with van der Waals surface area (Å²) in [4.78, 5) is 26.5. The number of β-amino-alcohol motifs (C(OH)–C–C–N with tert-alkyl or cyclic N) is 1. The molecule has 0 unspecified atom stereocenters. The molecule has 6 heteroatoms. The molecule has 20 heavy (non-hydrogen) atoms. The number of carbonyl (C=O) groups excluding carboxylic acids is 2. The number of hydrogen-bond acceptors (Lipinski definition) is 5. The lowest BCUT2D eigenvalue weighted by Gasteiger charge is -2.15. The van der Waals surface area contributed by atoms with Crippen LogP contribution in [0.25, 0.3) is 0 Å². The maximum absolute atomic E-state index is 11.9. The van der Waals surface area contributed by atoms with Crippen molar-refractivity contribution < 1.29 is 14.7 Å². The first-order valence-corrected chi connectivity index (χ1v) is 6.25. The first-order chi connectivity index (χ1) is 9.52. The van der Waals surface area contributed by atoms with Gasteiger partial charge >= 0.3 is 0 Å². The number of rotatable bonds is 5. The highest BCUT2D eigenvalue weighted by atomic mass is 16.3. The Labute approximate surface area is 117 Å². The monoisotopic (exact) mass is 275 g/mol. The highest BCUT2D eigenvalue weighted by Gasteiger charge is 2.30. The normalized spacial score (nSPS) is 14.6. The molecule has 0 fully saturated rings. The van der Waals surface area contributed by atoms with Crippen LogP contribution in [0, 0.1) is 0 Å².